The maximum Gasteiger partial charge on any atom is 0.309 e. The highest BCUT2D eigenvalue weighted by Crippen LogP contribution is 2.20. The monoisotopic (exact) mass is 255 g/mol. The van der Waals surface area contributed by atoms with Crippen LogP contribution in [-0.2, 0) is 14.3 Å². The molecule has 2 saturated heterocycles. The number of hydrogen-bond donors (Lipinski definition) is 0. The van der Waals surface area contributed by atoms with E-state index in [4.69, 9.17) is 9.47 Å². The molecule has 0 aliphatic carbocycles. The summed E-state index contributed by atoms with van der Waals surface area (Å²) in [5.41, 5.74) is 0. The van der Waals surface area contributed by atoms with Crippen molar-refractivity contribution in [3.05, 3.63) is 0 Å². The lowest BCUT2D eigenvalue weighted by molar-refractivity contribution is -0.147. The molecule has 0 radical (unpaired) electrons. The lowest BCUT2D eigenvalue weighted by Crippen LogP contribution is -2.39. The second kappa shape index (κ2) is 7.10. The molecule has 0 aromatic carbocycles. The van der Waals surface area contributed by atoms with Gasteiger partial charge in [0.15, 0.2) is 0 Å². The standard InChI is InChI=1S/C14H25NO3/c1-17-14(16)12-5-2-8-15(11-12)9-3-6-13-7-4-10-18-13/h12-13H,2-11H2,1H3. The molecule has 0 saturated carbocycles. The fourth-order valence-corrected chi connectivity index (χ4v) is 3.03. The van der Waals surface area contributed by atoms with Crippen LogP contribution >= 0.6 is 0 Å². The van der Waals surface area contributed by atoms with Gasteiger partial charge in [-0.05, 0) is 51.6 Å². The number of esters is 1. The van der Waals surface area contributed by atoms with Crippen molar-refractivity contribution in [1.29, 1.82) is 0 Å². The molecule has 2 rings (SSSR count). The summed E-state index contributed by atoms with van der Waals surface area (Å²) in [6.45, 7) is 4.03. The minimum Gasteiger partial charge on any atom is -0.469 e. The molecular formula is C14H25NO3. The smallest absolute Gasteiger partial charge is 0.309 e. The molecule has 2 fully saturated rings. The number of likely N-dealkylation sites (tertiary alicyclic amines) is 1. The predicted molar refractivity (Wildman–Crippen MR) is 69.4 cm³/mol. The van der Waals surface area contributed by atoms with E-state index in [1.54, 1.807) is 0 Å². The van der Waals surface area contributed by atoms with Crippen LogP contribution in [0.2, 0.25) is 0 Å². The van der Waals surface area contributed by atoms with Gasteiger partial charge in [0.25, 0.3) is 0 Å². The van der Waals surface area contributed by atoms with E-state index in [-0.39, 0.29) is 11.9 Å². The number of piperidine rings is 1. The molecule has 2 unspecified atom stereocenters. The molecular weight excluding hydrogens is 230 g/mol. The van der Waals surface area contributed by atoms with Crippen LogP contribution in [-0.4, -0.2) is 50.3 Å². The Morgan fingerprint density at radius 1 is 1.39 bits per heavy atom. The SMILES string of the molecule is COC(=O)C1CCCN(CCCC2CCCO2)C1. The third-order valence-corrected chi connectivity index (χ3v) is 4.06. The number of nitrogens with zero attached hydrogens (tertiary/aromatic N) is 1. The Balaban J connectivity index is 1.64. The molecule has 0 spiro atoms. The van der Waals surface area contributed by atoms with Gasteiger partial charge in [0.1, 0.15) is 0 Å². The zero-order valence-electron chi connectivity index (χ0n) is 11.4. The first kappa shape index (κ1) is 13.8. The maximum atomic E-state index is 11.5. The number of carbonyl (C=O) groups excluding carboxylic acids is 1. The first-order valence-electron chi connectivity index (χ1n) is 7.21. The lowest BCUT2D eigenvalue weighted by atomic mass is 9.98. The van der Waals surface area contributed by atoms with E-state index in [1.165, 1.54) is 32.8 Å². The van der Waals surface area contributed by atoms with E-state index in [1.807, 2.05) is 0 Å². The fourth-order valence-electron chi connectivity index (χ4n) is 3.03. The average molecular weight is 255 g/mol. The molecule has 4 nitrogen and oxygen atoms in total. The van der Waals surface area contributed by atoms with Crippen molar-refractivity contribution in [3.8, 4) is 0 Å². The Bertz CT molecular complexity index is 264. The van der Waals surface area contributed by atoms with Crippen molar-refractivity contribution in [2.24, 2.45) is 5.92 Å². The molecule has 4 heteroatoms. The average Bonchev–Trinajstić information content (AvgIpc) is 2.91. The largest absolute Gasteiger partial charge is 0.469 e. The van der Waals surface area contributed by atoms with Gasteiger partial charge in [-0.2, -0.15) is 0 Å². The lowest BCUT2D eigenvalue weighted by Gasteiger charge is -2.31. The zero-order valence-corrected chi connectivity index (χ0v) is 11.4. The van der Waals surface area contributed by atoms with Gasteiger partial charge < -0.3 is 14.4 Å². The van der Waals surface area contributed by atoms with Crippen LogP contribution in [0.3, 0.4) is 0 Å². The van der Waals surface area contributed by atoms with Crippen LogP contribution in [0, 0.1) is 5.92 Å². The third-order valence-electron chi connectivity index (χ3n) is 4.06. The molecule has 0 bridgehead atoms. The first-order chi connectivity index (χ1) is 8.79. The van der Waals surface area contributed by atoms with Crippen molar-refractivity contribution < 1.29 is 14.3 Å². The predicted octanol–water partition coefficient (Wildman–Crippen LogP) is 1.83. The van der Waals surface area contributed by atoms with Gasteiger partial charge in [0, 0.05) is 13.2 Å². The van der Waals surface area contributed by atoms with Crippen molar-refractivity contribution in [2.45, 2.75) is 44.6 Å². The topological polar surface area (TPSA) is 38.8 Å². The molecule has 104 valence electrons. The second-order valence-corrected chi connectivity index (χ2v) is 5.44. The van der Waals surface area contributed by atoms with Gasteiger partial charge in [-0.3, -0.25) is 4.79 Å². The highest BCUT2D eigenvalue weighted by atomic mass is 16.5. The molecule has 18 heavy (non-hydrogen) atoms. The minimum absolute atomic E-state index is 0.0428. The van der Waals surface area contributed by atoms with Gasteiger partial charge in [0.05, 0.1) is 19.1 Å². The van der Waals surface area contributed by atoms with Gasteiger partial charge in [-0.1, -0.05) is 0 Å². The maximum absolute atomic E-state index is 11.5. The molecule has 2 heterocycles. The molecule has 0 aromatic rings. The Labute approximate surface area is 110 Å². The van der Waals surface area contributed by atoms with Crippen molar-refractivity contribution in [1.82, 2.24) is 4.90 Å². The van der Waals surface area contributed by atoms with E-state index in [2.05, 4.69) is 4.90 Å². The van der Waals surface area contributed by atoms with E-state index < -0.39 is 0 Å². The summed E-state index contributed by atoms with van der Waals surface area (Å²) in [5.74, 6) is 0.0466. The van der Waals surface area contributed by atoms with Crippen LogP contribution in [0.5, 0.6) is 0 Å². The van der Waals surface area contributed by atoms with Crippen molar-refractivity contribution in [3.63, 3.8) is 0 Å². The third kappa shape index (κ3) is 3.95. The van der Waals surface area contributed by atoms with Gasteiger partial charge in [-0.15, -0.1) is 0 Å². The Hall–Kier alpha value is -0.610. The molecule has 0 amide bonds. The molecule has 2 aliphatic heterocycles. The zero-order chi connectivity index (χ0) is 12.8. The summed E-state index contributed by atoms with van der Waals surface area (Å²) in [6.07, 6.45) is 7.38. The fraction of sp³-hybridized carbons (Fsp3) is 0.929. The summed E-state index contributed by atoms with van der Waals surface area (Å²) in [5, 5.41) is 0. The van der Waals surface area contributed by atoms with Crippen molar-refractivity contribution >= 4 is 5.97 Å². The highest BCUT2D eigenvalue weighted by molar-refractivity contribution is 5.72. The summed E-state index contributed by atoms with van der Waals surface area (Å²) in [6, 6.07) is 0. The number of carbonyl (C=O) groups is 1. The van der Waals surface area contributed by atoms with E-state index in [0.717, 1.165) is 39.1 Å². The number of methoxy groups -OCH3 is 1. The molecule has 2 atom stereocenters. The summed E-state index contributed by atoms with van der Waals surface area (Å²) < 4.78 is 10.5. The van der Waals surface area contributed by atoms with Crippen molar-refractivity contribution in [2.75, 3.05) is 33.4 Å². The molecule has 0 N–H and O–H groups in total. The Morgan fingerprint density at radius 3 is 3.00 bits per heavy atom. The summed E-state index contributed by atoms with van der Waals surface area (Å²) in [4.78, 5) is 13.9. The summed E-state index contributed by atoms with van der Waals surface area (Å²) >= 11 is 0. The van der Waals surface area contributed by atoms with Crippen LogP contribution < -0.4 is 0 Å². The van der Waals surface area contributed by atoms with E-state index >= 15 is 0 Å². The highest BCUT2D eigenvalue weighted by Gasteiger charge is 2.26. The van der Waals surface area contributed by atoms with Crippen LogP contribution in [0.15, 0.2) is 0 Å². The number of hydrogen-bond acceptors (Lipinski definition) is 4. The van der Waals surface area contributed by atoms with E-state index in [9.17, 15) is 4.79 Å². The quantitative estimate of drug-likeness (QED) is 0.703. The Kier molecular flexibility index (Phi) is 5.45. The van der Waals surface area contributed by atoms with Gasteiger partial charge in [-0.25, -0.2) is 0 Å². The number of rotatable bonds is 5. The Morgan fingerprint density at radius 2 is 2.28 bits per heavy atom. The normalized spacial score (nSPS) is 29.4. The van der Waals surface area contributed by atoms with Gasteiger partial charge in [0.2, 0.25) is 0 Å². The number of ether oxygens (including phenoxy) is 2. The molecule has 2 aliphatic rings. The van der Waals surface area contributed by atoms with E-state index in [0.29, 0.717) is 6.10 Å². The van der Waals surface area contributed by atoms with Crippen LogP contribution in [0.1, 0.15) is 38.5 Å². The second-order valence-electron chi connectivity index (χ2n) is 5.44. The summed E-state index contributed by atoms with van der Waals surface area (Å²) in [7, 11) is 1.48. The van der Waals surface area contributed by atoms with Gasteiger partial charge >= 0.3 is 5.97 Å². The van der Waals surface area contributed by atoms with Crippen LogP contribution in [0.25, 0.3) is 0 Å². The first-order valence-corrected chi connectivity index (χ1v) is 7.21. The molecule has 0 aromatic heterocycles. The van der Waals surface area contributed by atoms with Crippen LogP contribution in [0.4, 0.5) is 0 Å². The minimum atomic E-state index is -0.0428.